The fraction of sp³-hybridized carbons (Fsp3) is 0.412. The summed E-state index contributed by atoms with van der Waals surface area (Å²) in [6.07, 6.45) is 4.05. The molecule has 0 atom stereocenters. The molecule has 1 heteroatoms. The summed E-state index contributed by atoms with van der Waals surface area (Å²) >= 11 is 0. The van der Waals surface area contributed by atoms with Crippen molar-refractivity contribution < 1.29 is 0 Å². The number of benzene rings is 1. The Morgan fingerprint density at radius 2 is 1.78 bits per heavy atom. The highest BCUT2D eigenvalue weighted by molar-refractivity contribution is 5.62. The lowest BCUT2D eigenvalue weighted by Crippen LogP contribution is -2.11. The van der Waals surface area contributed by atoms with Crippen LogP contribution in [-0.4, -0.2) is 0 Å². The molecule has 1 aliphatic rings. The van der Waals surface area contributed by atoms with Gasteiger partial charge < -0.3 is 5.32 Å². The minimum absolute atomic E-state index is 1.06. The number of fused-ring (bicyclic) bond motifs is 1. The third-order valence-electron chi connectivity index (χ3n) is 2.70. The summed E-state index contributed by atoms with van der Waals surface area (Å²) < 4.78 is 0. The molecule has 2 rings (SSSR count). The molecule has 0 bridgehead atoms. The van der Waals surface area contributed by atoms with Crippen LogP contribution in [-0.2, 0) is 6.42 Å². The van der Waals surface area contributed by atoms with Crippen molar-refractivity contribution in [1.82, 2.24) is 0 Å². The third-order valence-corrected chi connectivity index (χ3v) is 2.70. The van der Waals surface area contributed by atoms with Gasteiger partial charge in [0.15, 0.2) is 0 Å². The Hall–Kier alpha value is -1.50. The number of anilines is 1. The predicted octanol–water partition coefficient (Wildman–Crippen LogP) is 5.56. The lowest BCUT2D eigenvalue weighted by atomic mass is 9.96. The minimum Gasteiger partial charge on any atom is -0.355 e. The second-order valence-electron chi connectivity index (χ2n) is 3.53. The molecule has 0 spiro atoms. The number of nitrogens with one attached hydrogen (secondary N) is 1. The van der Waals surface area contributed by atoms with Gasteiger partial charge in [0.25, 0.3) is 0 Å². The Bertz CT molecular complexity index is 388. The van der Waals surface area contributed by atoms with Crippen LogP contribution in [0.4, 0.5) is 5.69 Å². The first-order chi connectivity index (χ1) is 8.85. The van der Waals surface area contributed by atoms with Gasteiger partial charge in [0, 0.05) is 11.4 Å². The van der Waals surface area contributed by atoms with Crippen LogP contribution in [0.2, 0.25) is 0 Å². The molecule has 1 aromatic rings. The number of rotatable bonds is 2. The van der Waals surface area contributed by atoms with Crippen molar-refractivity contribution in [3.63, 3.8) is 0 Å². The molecule has 1 aliphatic heterocycles. The first-order valence-corrected chi connectivity index (χ1v) is 7.04. The topological polar surface area (TPSA) is 12.0 Å². The molecular weight excluding hydrogens is 218 g/mol. The largest absolute Gasteiger partial charge is 0.355 e. The first kappa shape index (κ1) is 16.5. The van der Waals surface area contributed by atoms with E-state index in [1.807, 2.05) is 33.8 Å². The summed E-state index contributed by atoms with van der Waals surface area (Å²) in [5.74, 6) is 0. The molecule has 0 radical (unpaired) electrons. The van der Waals surface area contributed by atoms with Crippen molar-refractivity contribution in [3.05, 3.63) is 53.8 Å². The summed E-state index contributed by atoms with van der Waals surface area (Å²) in [5, 5.41) is 3.41. The summed E-state index contributed by atoms with van der Waals surface area (Å²) in [6, 6.07) is 8.44. The van der Waals surface area contributed by atoms with Crippen LogP contribution in [0.15, 0.2) is 48.2 Å². The molecule has 1 heterocycles. The van der Waals surface area contributed by atoms with Crippen molar-refractivity contribution in [2.24, 2.45) is 0 Å². The monoisotopic (exact) mass is 245 g/mol. The van der Waals surface area contributed by atoms with Crippen LogP contribution in [0.3, 0.4) is 0 Å². The quantitative estimate of drug-likeness (QED) is 0.719. The van der Waals surface area contributed by atoms with E-state index >= 15 is 0 Å². The number of para-hydroxylation sites is 1. The van der Waals surface area contributed by atoms with E-state index in [0.29, 0.717) is 0 Å². The molecule has 0 fully saturated rings. The Balaban J connectivity index is 0.000000659. The van der Waals surface area contributed by atoms with Crippen LogP contribution in [0.25, 0.3) is 0 Å². The van der Waals surface area contributed by atoms with Crippen LogP contribution < -0.4 is 5.32 Å². The van der Waals surface area contributed by atoms with Crippen LogP contribution >= 0.6 is 0 Å². The summed E-state index contributed by atoms with van der Waals surface area (Å²) in [6.45, 7) is 14.0. The average molecular weight is 245 g/mol. The Morgan fingerprint density at radius 3 is 2.33 bits per heavy atom. The lowest BCUT2D eigenvalue weighted by Gasteiger charge is -2.22. The molecule has 0 amide bonds. The van der Waals surface area contributed by atoms with E-state index in [0.717, 1.165) is 12.8 Å². The molecule has 100 valence electrons. The third kappa shape index (κ3) is 4.06. The normalized spacial score (nSPS) is 12.1. The van der Waals surface area contributed by atoms with Crippen molar-refractivity contribution in [3.8, 4) is 0 Å². The van der Waals surface area contributed by atoms with Crippen LogP contribution in [0, 0.1) is 0 Å². The van der Waals surface area contributed by atoms with Crippen LogP contribution in [0.1, 0.15) is 46.6 Å². The lowest BCUT2D eigenvalue weighted by molar-refractivity contribution is 0.965. The zero-order chi connectivity index (χ0) is 14.0. The molecule has 1 N–H and O–H groups in total. The molecule has 1 aromatic carbocycles. The SMILES string of the molecule is C=CC1=C(CC)Cc2ccccc2N1.CC.CC. The van der Waals surface area contributed by atoms with E-state index in [1.54, 1.807) is 0 Å². The molecule has 0 aromatic heterocycles. The van der Waals surface area contributed by atoms with Gasteiger partial charge in [-0.15, -0.1) is 0 Å². The average Bonchev–Trinajstić information content (AvgIpc) is 2.49. The highest BCUT2D eigenvalue weighted by atomic mass is 14.9. The van der Waals surface area contributed by atoms with Gasteiger partial charge in [-0.3, -0.25) is 0 Å². The fourth-order valence-electron chi connectivity index (χ4n) is 1.87. The highest BCUT2D eigenvalue weighted by Crippen LogP contribution is 2.28. The summed E-state index contributed by atoms with van der Waals surface area (Å²) in [4.78, 5) is 0. The molecular formula is C17H27N. The molecule has 18 heavy (non-hydrogen) atoms. The van der Waals surface area contributed by atoms with E-state index < -0.39 is 0 Å². The van der Waals surface area contributed by atoms with Crippen molar-refractivity contribution in [2.45, 2.75) is 47.5 Å². The first-order valence-electron chi connectivity index (χ1n) is 7.04. The van der Waals surface area contributed by atoms with Gasteiger partial charge in [-0.2, -0.15) is 0 Å². The van der Waals surface area contributed by atoms with Crippen molar-refractivity contribution >= 4 is 5.69 Å². The van der Waals surface area contributed by atoms with Gasteiger partial charge in [-0.1, -0.05) is 59.4 Å². The van der Waals surface area contributed by atoms with Crippen molar-refractivity contribution in [1.29, 1.82) is 0 Å². The summed E-state index contributed by atoms with van der Waals surface area (Å²) in [5.41, 5.74) is 5.24. The maximum Gasteiger partial charge on any atom is 0.0420 e. The Kier molecular flexibility index (Phi) is 8.73. The molecule has 0 aliphatic carbocycles. The minimum atomic E-state index is 1.06. The molecule has 0 unspecified atom stereocenters. The van der Waals surface area contributed by atoms with Crippen molar-refractivity contribution in [2.75, 3.05) is 5.32 Å². The van der Waals surface area contributed by atoms with Crippen LogP contribution in [0.5, 0.6) is 0 Å². The smallest absolute Gasteiger partial charge is 0.0420 e. The van der Waals surface area contributed by atoms with Gasteiger partial charge in [-0.05, 0) is 36.1 Å². The standard InChI is InChI=1S/C13H15N.2C2H6/c1-3-10-9-11-7-5-6-8-13(11)14-12(10)4-2;2*1-2/h4-8,14H,2-3,9H2,1H3;2*1-2H3. The molecule has 0 saturated heterocycles. The second-order valence-corrected chi connectivity index (χ2v) is 3.53. The van der Waals surface area contributed by atoms with Gasteiger partial charge in [0.2, 0.25) is 0 Å². The fourth-order valence-corrected chi connectivity index (χ4v) is 1.87. The zero-order valence-corrected chi connectivity index (χ0v) is 12.5. The number of allylic oxidation sites excluding steroid dienone is 2. The maximum absolute atomic E-state index is 3.84. The van der Waals surface area contributed by atoms with E-state index in [-0.39, 0.29) is 0 Å². The number of hydrogen-bond donors (Lipinski definition) is 1. The van der Waals surface area contributed by atoms with E-state index in [2.05, 4.69) is 43.1 Å². The molecule has 0 saturated carbocycles. The van der Waals surface area contributed by atoms with Gasteiger partial charge in [-0.25, -0.2) is 0 Å². The van der Waals surface area contributed by atoms with Gasteiger partial charge in [0.1, 0.15) is 0 Å². The van der Waals surface area contributed by atoms with Gasteiger partial charge >= 0.3 is 0 Å². The molecule has 1 nitrogen and oxygen atoms in total. The van der Waals surface area contributed by atoms with E-state index in [9.17, 15) is 0 Å². The maximum atomic E-state index is 3.84. The second kappa shape index (κ2) is 9.52. The Labute approximate surface area is 113 Å². The zero-order valence-electron chi connectivity index (χ0n) is 12.5. The Morgan fingerprint density at radius 1 is 1.17 bits per heavy atom. The summed E-state index contributed by atoms with van der Waals surface area (Å²) in [7, 11) is 0. The van der Waals surface area contributed by atoms with E-state index in [4.69, 9.17) is 0 Å². The number of hydrogen-bond acceptors (Lipinski definition) is 1. The predicted molar refractivity (Wildman–Crippen MR) is 84.0 cm³/mol. The highest BCUT2D eigenvalue weighted by Gasteiger charge is 2.13. The van der Waals surface area contributed by atoms with Gasteiger partial charge in [0.05, 0.1) is 0 Å². The van der Waals surface area contributed by atoms with E-state index in [1.165, 1.54) is 22.5 Å².